The maximum Gasteiger partial charge on any atom is 0.125 e. The van der Waals surface area contributed by atoms with E-state index in [-0.39, 0.29) is 0 Å². The fraction of sp³-hybridized carbons (Fsp3) is 0.647. The van der Waals surface area contributed by atoms with Crippen molar-refractivity contribution in [3.05, 3.63) is 28.8 Å². The third-order valence-corrected chi connectivity index (χ3v) is 3.42. The highest BCUT2D eigenvalue weighted by Crippen LogP contribution is 2.25. The van der Waals surface area contributed by atoms with E-state index >= 15 is 0 Å². The smallest absolute Gasteiger partial charge is 0.125 e. The highest BCUT2D eigenvalue weighted by atomic mass is 16.5. The molecule has 0 aliphatic heterocycles. The Morgan fingerprint density at radius 3 is 2.42 bits per heavy atom. The molecule has 2 nitrogen and oxygen atoms in total. The summed E-state index contributed by atoms with van der Waals surface area (Å²) in [6.07, 6.45) is 2.29. The second kappa shape index (κ2) is 8.21. The summed E-state index contributed by atoms with van der Waals surface area (Å²) in [5, 5.41) is 3.46. The van der Waals surface area contributed by atoms with Gasteiger partial charge in [0.15, 0.2) is 0 Å². The first kappa shape index (κ1) is 16.0. The quantitative estimate of drug-likeness (QED) is 0.715. The van der Waals surface area contributed by atoms with E-state index in [0.717, 1.165) is 37.8 Å². The Balaban J connectivity index is 2.25. The minimum Gasteiger partial charge on any atom is -0.493 e. The summed E-state index contributed by atoms with van der Waals surface area (Å²) in [4.78, 5) is 0. The van der Waals surface area contributed by atoms with Crippen LogP contribution in [0.25, 0.3) is 0 Å². The molecule has 1 rings (SSSR count). The second-order valence-corrected chi connectivity index (χ2v) is 5.81. The van der Waals surface area contributed by atoms with Crippen molar-refractivity contribution in [1.82, 2.24) is 5.32 Å². The molecule has 0 spiro atoms. The zero-order valence-electron chi connectivity index (χ0n) is 13.2. The fourth-order valence-corrected chi connectivity index (χ4v) is 2.06. The van der Waals surface area contributed by atoms with Crippen LogP contribution in [0.1, 0.15) is 43.4 Å². The summed E-state index contributed by atoms with van der Waals surface area (Å²) in [7, 11) is 0. The van der Waals surface area contributed by atoms with Crippen LogP contribution in [0.5, 0.6) is 5.75 Å². The highest BCUT2D eigenvalue weighted by Gasteiger charge is 2.05. The van der Waals surface area contributed by atoms with E-state index in [4.69, 9.17) is 4.74 Å². The number of ether oxygens (including phenoxy) is 1. The molecular formula is C17H29NO. The van der Waals surface area contributed by atoms with Crippen molar-refractivity contribution < 1.29 is 4.74 Å². The zero-order chi connectivity index (χ0) is 14.3. The van der Waals surface area contributed by atoms with Crippen LogP contribution < -0.4 is 10.1 Å². The van der Waals surface area contributed by atoms with Gasteiger partial charge in [-0.1, -0.05) is 26.0 Å². The van der Waals surface area contributed by atoms with E-state index in [0.29, 0.717) is 0 Å². The van der Waals surface area contributed by atoms with Gasteiger partial charge in [-0.25, -0.2) is 0 Å². The van der Waals surface area contributed by atoms with Crippen LogP contribution in [0.2, 0.25) is 0 Å². The standard InChI is InChI=1S/C17H29NO/c1-13(2)12-18-10-6-7-11-19-17-15(4)9-8-14(3)16(17)5/h8-9,13,18H,6-7,10-12H2,1-5H3. The number of nitrogens with one attached hydrogen (secondary N) is 1. The number of benzene rings is 1. The number of hydrogen-bond acceptors (Lipinski definition) is 2. The summed E-state index contributed by atoms with van der Waals surface area (Å²) in [6, 6.07) is 4.30. The molecular weight excluding hydrogens is 234 g/mol. The van der Waals surface area contributed by atoms with Crippen molar-refractivity contribution in [1.29, 1.82) is 0 Å². The lowest BCUT2D eigenvalue weighted by Gasteiger charge is -2.14. The highest BCUT2D eigenvalue weighted by molar-refractivity contribution is 5.44. The summed E-state index contributed by atoms with van der Waals surface area (Å²) in [6.45, 7) is 13.9. The molecule has 0 fully saturated rings. The molecule has 1 aromatic rings. The van der Waals surface area contributed by atoms with Crippen LogP contribution in [0, 0.1) is 26.7 Å². The molecule has 1 N–H and O–H groups in total. The Labute approximate surface area is 118 Å². The molecule has 0 amide bonds. The largest absolute Gasteiger partial charge is 0.493 e. The normalized spacial score (nSPS) is 11.1. The van der Waals surface area contributed by atoms with Gasteiger partial charge in [0.1, 0.15) is 5.75 Å². The van der Waals surface area contributed by atoms with Crippen LogP contribution in [0.4, 0.5) is 0 Å². The number of hydrogen-bond donors (Lipinski definition) is 1. The predicted octanol–water partition coefficient (Wildman–Crippen LogP) is 4.02. The first-order chi connectivity index (χ1) is 9.02. The minimum absolute atomic E-state index is 0.730. The van der Waals surface area contributed by atoms with Crippen LogP contribution >= 0.6 is 0 Å². The van der Waals surface area contributed by atoms with Gasteiger partial charge in [0, 0.05) is 0 Å². The van der Waals surface area contributed by atoms with E-state index in [1.807, 2.05) is 0 Å². The molecule has 0 bridgehead atoms. The molecule has 108 valence electrons. The average Bonchev–Trinajstić information content (AvgIpc) is 2.36. The molecule has 0 unspecified atom stereocenters. The topological polar surface area (TPSA) is 21.3 Å². The molecule has 2 heteroatoms. The van der Waals surface area contributed by atoms with Gasteiger partial charge in [-0.2, -0.15) is 0 Å². The fourth-order valence-electron chi connectivity index (χ4n) is 2.06. The first-order valence-electron chi connectivity index (χ1n) is 7.42. The maximum absolute atomic E-state index is 5.95. The number of rotatable bonds is 8. The maximum atomic E-state index is 5.95. The second-order valence-electron chi connectivity index (χ2n) is 5.81. The van der Waals surface area contributed by atoms with Gasteiger partial charge in [0.05, 0.1) is 6.61 Å². The first-order valence-corrected chi connectivity index (χ1v) is 7.42. The van der Waals surface area contributed by atoms with Gasteiger partial charge < -0.3 is 10.1 Å². The zero-order valence-corrected chi connectivity index (χ0v) is 13.2. The molecule has 0 saturated heterocycles. The van der Waals surface area contributed by atoms with Gasteiger partial charge in [0.25, 0.3) is 0 Å². The van der Waals surface area contributed by atoms with Gasteiger partial charge in [-0.15, -0.1) is 0 Å². The van der Waals surface area contributed by atoms with E-state index in [9.17, 15) is 0 Å². The summed E-state index contributed by atoms with van der Waals surface area (Å²) >= 11 is 0. The Bertz CT molecular complexity index is 385. The molecule has 0 radical (unpaired) electrons. The molecule has 1 aromatic carbocycles. The lowest BCUT2D eigenvalue weighted by atomic mass is 10.1. The lowest BCUT2D eigenvalue weighted by molar-refractivity contribution is 0.301. The molecule has 0 aliphatic carbocycles. The Kier molecular flexibility index (Phi) is 6.93. The summed E-state index contributed by atoms with van der Waals surface area (Å²) < 4.78 is 5.95. The van der Waals surface area contributed by atoms with Gasteiger partial charge in [0.2, 0.25) is 0 Å². The molecule has 0 atom stereocenters. The summed E-state index contributed by atoms with van der Waals surface area (Å²) in [5.41, 5.74) is 3.82. The Morgan fingerprint density at radius 2 is 1.74 bits per heavy atom. The monoisotopic (exact) mass is 263 g/mol. The van der Waals surface area contributed by atoms with Crippen LogP contribution in [0.3, 0.4) is 0 Å². The molecule has 0 heterocycles. The summed E-state index contributed by atoms with van der Waals surface area (Å²) in [5.74, 6) is 1.81. The van der Waals surface area contributed by atoms with E-state index in [1.165, 1.54) is 23.1 Å². The SMILES string of the molecule is Cc1ccc(C)c(OCCCCNCC(C)C)c1C. The van der Waals surface area contributed by atoms with Crippen molar-refractivity contribution in [2.24, 2.45) is 5.92 Å². The van der Waals surface area contributed by atoms with E-state index in [2.05, 4.69) is 52.1 Å². The van der Waals surface area contributed by atoms with Crippen molar-refractivity contribution in [2.45, 2.75) is 47.5 Å². The van der Waals surface area contributed by atoms with E-state index in [1.54, 1.807) is 0 Å². The third-order valence-electron chi connectivity index (χ3n) is 3.42. The van der Waals surface area contributed by atoms with Crippen molar-refractivity contribution in [2.75, 3.05) is 19.7 Å². The molecule has 0 aromatic heterocycles. The lowest BCUT2D eigenvalue weighted by Crippen LogP contribution is -2.21. The van der Waals surface area contributed by atoms with E-state index < -0.39 is 0 Å². The van der Waals surface area contributed by atoms with Crippen LogP contribution in [-0.2, 0) is 0 Å². The van der Waals surface area contributed by atoms with Crippen molar-refractivity contribution >= 4 is 0 Å². The minimum atomic E-state index is 0.730. The number of unbranched alkanes of at least 4 members (excludes halogenated alkanes) is 1. The molecule has 19 heavy (non-hydrogen) atoms. The van der Waals surface area contributed by atoms with Gasteiger partial charge >= 0.3 is 0 Å². The van der Waals surface area contributed by atoms with Crippen LogP contribution in [0.15, 0.2) is 12.1 Å². The third kappa shape index (κ3) is 5.65. The molecule has 0 saturated carbocycles. The Morgan fingerprint density at radius 1 is 1.05 bits per heavy atom. The Hall–Kier alpha value is -1.02. The van der Waals surface area contributed by atoms with Crippen molar-refractivity contribution in [3.8, 4) is 5.75 Å². The number of aryl methyl sites for hydroxylation is 2. The van der Waals surface area contributed by atoms with Crippen molar-refractivity contribution in [3.63, 3.8) is 0 Å². The van der Waals surface area contributed by atoms with Gasteiger partial charge in [-0.05, 0) is 69.3 Å². The predicted molar refractivity (Wildman–Crippen MR) is 83.1 cm³/mol. The van der Waals surface area contributed by atoms with Crippen LogP contribution in [-0.4, -0.2) is 19.7 Å². The average molecular weight is 263 g/mol. The van der Waals surface area contributed by atoms with Gasteiger partial charge in [-0.3, -0.25) is 0 Å². The molecule has 0 aliphatic rings.